The van der Waals surface area contributed by atoms with Crippen LogP contribution in [0.15, 0.2) is 36.4 Å². The standard InChI is InChI=1S/C24H33NO3/c1-15(2)12-22(20-8-10-21(27-7)11-9-20)25-24(26)19(6)28-23-14-16(3)13-17(4)18(23)5/h8-11,13-15,19,22H,12H2,1-7H3,(H,25,26)/t19-,22+/m1/s1. The second kappa shape index (κ2) is 9.63. The second-order valence-corrected chi connectivity index (χ2v) is 7.93. The average molecular weight is 384 g/mol. The SMILES string of the molecule is COc1ccc([C@H](CC(C)C)NC(=O)[C@@H](C)Oc2cc(C)cc(C)c2C)cc1. The molecular formula is C24H33NO3. The smallest absolute Gasteiger partial charge is 0.261 e. The molecule has 0 aliphatic rings. The highest BCUT2D eigenvalue weighted by Gasteiger charge is 2.22. The van der Waals surface area contributed by atoms with Crippen molar-refractivity contribution in [1.82, 2.24) is 5.32 Å². The third-order valence-corrected chi connectivity index (χ3v) is 4.98. The lowest BCUT2D eigenvalue weighted by atomic mass is 9.96. The van der Waals surface area contributed by atoms with E-state index in [0.29, 0.717) is 5.92 Å². The van der Waals surface area contributed by atoms with Crippen molar-refractivity contribution >= 4 is 5.91 Å². The minimum Gasteiger partial charge on any atom is -0.497 e. The van der Waals surface area contributed by atoms with Crippen molar-refractivity contribution in [3.05, 3.63) is 58.7 Å². The molecule has 0 aliphatic heterocycles. The summed E-state index contributed by atoms with van der Waals surface area (Å²) < 4.78 is 11.3. The van der Waals surface area contributed by atoms with Gasteiger partial charge in [0.2, 0.25) is 0 Å². The zero-order chi connectivity index (χ0) is 20.8. The number of methoxy groups -OCH3 is 1. The van der Waals surface area contributed by atoms with Crippen LogP contribution in [0, 0.1) is 26.7 Å². The lowest BCUT2D eigenvalue weighted by Crippen LogP contribution is -2.39. The number of aryl methyl sites for hydroxylation is 2. The van der Waals surface area contributed by atoms with Crippen LogP contribution in [0.4, 0.5) is 0 Å². The van der Waals surface area contributed by atoms with E-state index in [1.165, 1.54) is 5.56 Å². The van der Waals surface area contributed by atoms with Gasteiger partial charge in [-0.2, -0.15) is 0 Å². The number of hydrogen-bond donors (Lipinski definition) is 1. The molecule has 4 nitrogen and oxygen atoms in total. The molecule has 2 aromatic carbocycles. The summed E-state index contributed by atoms with van der Waals surface area (Å²) in [4.78, 5) is 12.9. The number of rotatable bonds is 8. The highest BCUT2D eigenvalue weighted by Crippen LogP contribution is 2.26. The Bertz CT molecular complexity index is 796. The van der Waals surface area contributed by atoms with Gasteiger partial charge in [0.15, 0.2) is 6.10 Å². The monoisotopic (exact) mass is 383 g/mol. The number of amides is 1. The molecule has 152 valence electrons. The van der Waals surface area contributed by atoms with E-state index in [4.69, 9.17) is 9.47 Å². The zero-order valence-electron chi connectivity index (χ0n) is 18.1. The summed E-state index contributed by atoms with van der Waals surface area (Å²) in [5, 5.41) is 3.17. The maximum atomic E-state index is 12.9. The number of hydrogen-bond acceptors (Lipinski definition) is 3. The number of benzene rings is 2. The molecule has 2 atom stereocenters. The Morgan fingerprint density at radius 2 is 1.68 bits per heavy atom. The van der Waals surface area contributed by atoms with Crippen LogP contribution in [0.5, 0.6) is 11.5 Å². The van der Waals surface area contributed by atoms with E-state index in [1.807, 2.05) is 44.2 Å². The first-order valence-electron chi connectivity index (χ1n) is 9.90. The predicted molar refractivity (Wildman–Crippen MR) is 114 cm³/mol. The predicted octanol–water partition coefficient (Wildman–Crippen LogP) is 5.29. The van der Waals surface area contributed by atoms with Crippen molar-refractivity contribution in [1.29, 1.82) is 0 Å². The summed E-state index contributed by atoms with van der Waals surface area (Å²) in [5.41, 5.74) is 4.43. The first kappa shape index (κ1) is 21.8. The lowest BCUT2D eigenvalue weighted by Gasteiger charge is -2.24. The van der Waals surface area contributed by atoms with Gasteiger partial charge in [-0.15, -0.1) is 0 Å². The molecule has 0 aromatic heterocycles. The molecule has 0 heterocycles. The fourth-order valence-electron chi connectivity index (χ4n) is 3.24. The van der Waals surface area contributed by atoms with Crippen molar-refractivity contribution < 1.29 is 14.3 Å². The van der Waals surface area contributed by atoms with Crippen LogP contribution in [-0.2, 0) is 4.79 Å². The van der Waals surface area contributed by atoms with Gasteiger partial charge in [-0.1, -0.05) is 32.0 Å². The average Bonchev–Trinajstić information content (AvgIpc) is 2.64. The molecule has 2 rings (SSSR count). The molecule has 0 saturated heterocycles. The van der Waals surface area contributed by atoms with Gasteiger partial charge < -0.3 is 14.8 Å². The summed E-state index contributed by atoms with van der Waals surface area (Å²) in [7, 11) is 1.65. The van der Waals surface area contributed by atoms with Gasteiger partial charge in [0.25, 0.3) is 5.91 Å². The summed E-state index contributed by atoms with van der Waals surface area (Å²) in [6, 6.07) is 11.9. The summed E-state index contributed by atoms with van der Waals surface area (Å²) in [6.45, 7) is 12.2. The molecule has 0 aliphatic carbocycles. The van der Waals surface area contributed by atoms with E-state index in [0.717, 1.165) is 34.6 Å². The van der Waals surface area contributed by atoms with Gasteiger partial charge in [0.1, 0.15) is 11.5 Å². The molecule has 0 bridgehead atoms. The number of nitrogens with one attached hydrogen (secondary N) is 1. The highest BCUT2D eigenvalue weighted by atomic mass is 16.5. The van der Waals surface area contributed by atoms with Gasteiger partial charge in [0.05, 0.1) is 13.2 Å². The molecule has 2 aromatic rings. The molecule has 1 amide bonds. The summed E-state index contributed by atoms with van der Waals surface area (Å²) in [5.74, 6) is 1.91. The maximum absolute atomic E-state index is 12.9. The fraction of sp³-hybridized carbons (Fsp3) is 0.458. The minimum absolute atomic E-state index is 0.0650. The van der Waals surface area contributed by atoms with Crippen LogP contribution < -0.4 is 14.8 Å². The molecule has 0 unspecified atom stereocenters. The number of carbonyl (C=O) groups is 1. The molecule has 0 spiro atoms. The van der Waals surface area contributed by atoms with Gasteiger partial charge >= 0.3 is 0 Å². The second-order valence-electron chi connectivity index (χ2n) is 7.93. The fourth-order valence-corrected chi connectivity index (χ4v) is 3.24. The zero-order valence-corrected chi connectivity index (χ0v) is 18.1. The Hall–Kier alpha value is -2.49. The molecule has 0 radical (unpaired) electrons. The molecule has 28 heavy (non-hydrogen) atoms. The quantitative estimate of drug-likeness (QED) is 0.674. The summed E-state index contributed by atoms with van der Waals surface area (Å²) >= 11 is 0. The van der Waals surface area contributed by atoms with Crippen molar-refractivity contribution in [2.24, 2.45) is 5.92 Å². The Kier molecular flexibility index (Phi) is 7.50. The molecule has 4 heteroatoms. The maximum Gasteiger partial charge on any atom is 0.261 e. The van der Waals surface area contributed by atoms with E-state index >= 15 is 0 Å². The Morgan fingerprint density at radius 3 is 2.25 bits per heavy atom. The van der Waals surface area contributed by atoms with Crippen molar-refractivity contribution in [3.63, 3.8) is 0 Å². The Morgan fingerprint density at radius 1 is 1.04 bits per heavy atom. The van der Waals surface area contributed by atoms with E-state index in [2.05, 4.69) is 32.2 Å². The van der Waals surface area contributed by atoms with Crippen molar-refractivity contribution in [2.75, 3.05) is 7.11 Å². The van der Waals surface area contributed by atoms with Crippen LogP contribution in [0.25, 0.3) is 0 Å². The van der Waals surface area contributed by atoms with Crippen LogP contribution in [0.3, 0.4) is 0 Å². The first-order chi connectivity index (χ1) is 13.2. The topological polar surface area (TPSA) is 47.6 Å². The summed E-state index contributed by atoms with van der Waals surface area (Å²) in [6.07, 6.45) is 0.278. The third kappa shape index (κ3) is 5.75. The van der Waals surface area contributed by atoms with Crippen molar-refractivity contribution in [3.8, 4) is 11.5 Å². The van der Waals surface area contributed by atoms with Gasteiger partial charge in [-0.3, -0.25) is 4.79 Å². The normalized spacial score (nSPS) is 13.1. The van der Waals surface area contributed by atoms with Crippen LogP contribution in [0.2, 0.25) is 0 Å². The van der Waals surface area contributed by atoms with Gasteiger partial charge in [-0.05, 0) is 80.5 Å². The number of carbonyl (C=O) groups excluding carboxylic acids is 1. The Balaban J connectivity index is 2.13. The lowest BCUT2D eigenvalue weighted by molar-refractivity contribution is -0.128. The van der Waals surface area contributed by atoms with Crippen LogP contribution >= 0.6 is 0 Å². The van der Waals surface area contributed by atoms with E-state index < -0.39 is 6.10 Å². The molecule has 0 saturated carbocycles. The van der Waals surface area contributed by atoms with E-state index in [1.54, 1.807) is 14.0 Å². The van der Waals surface area contributed by atoms with E-state index in [-0.39, 0.29) is 11.9 Å². The number of ether oxygens (including phenoxy) is 2. The molecular weight excluding hydrogens is 350 g/mol. The van der Waals surface area contributed by atoms with E-state index in [9.17, 15) is 4.79 Å². The Labute approximate surface area is 169 Å². The third-order valence-electron chi connectivity index (χ3n) is 4.98. The van der Waals surface area contributed by atoms with Gasteiger partial charge in [0, 0.05) is 0 Å². The van der Waals surface area contributed by atoms with Gasteiger partial charge in [-0.25, -0.2) is 0 Å². The van der Waals surface area contributed by atoms with Crippen molar-refractivity contribution in [2.45, 2.75) is 60.1 Å². The largest absolute Gasteiger partial charge is 0.497 e. The van der Waals surface area contributed by atoms with Crippen LogP contribution in [0.1, 0.15) is 55.5 Å². The van der Waals surface area contributed by atoms with Crippen LogP contribution in [-0.4, -0.2) is 19.1 Å². The minimum atomic E-state index is -0.576. The first-order valence-corrected chi connectivity index (χ1v) is 9.90. The molecule has 0 fully saturated rings. The molecule has 1 N–H and O–H groups in total. The highest BCUT2D eigenvalue weighted by molar-refractivity contribution is 5.81.